The van der Waals surface area contributed by atoms with Crippen LogP contribution in [0.2, 0.25) is 0 Å². The summed E-state index contributed by atoms with van der Waals surface area (Å²) >= 11 is 5.30. The number of hydrogen-bond acceptors (Lipinski definition) is 2. The topological polar surface area (TPSA) is 41.6 Å². The lowest BCUT2D eigenvalue weighted by Crippen LogP contribution is -2.35. The van der Waals surface area contributed by atoms with E-state index in [1.807, 2.05) is 5.01 Å². The summed E-state index contributed by atoms with van der Waals surface area (Å²) in [5.74, 6) is 0.337. The van der Waals surface area contributed by atoms with Crippen molar-refractivity contribution in [2.75, 3.05) is 0 Å². The minimum absolute atomic E-state index is 0.103. The van der Waals surface area contributed by atoms with E-state index in [4.69, 9.17) is 23.1 Å². The van der Waals surface area contributed by atoms with Gasteiger partial charge in [0.25, 0.3) is 0 Å². The van der Waals surface area contributed by atoms with E-state index < -0.39 is 0 Å². The lowest BCUT2D eigenvalue weighted by molar-refractivity contribution is 0.309. The van der Waals surface area contributed by atoms with Crippen molar-refractivity contribution in [2.24, 2.45) is 16.8 Å². The number of thiocarbonyl (C=S) groups is 1. The van der Waals surface area contributed by atoms with Gasteiger partial charge < -0.3 is 5.73 Å². The van der Waals surface area contributed by atoms with Crippen molar-refractivity contribution < 1.29 is 0 Å². The van der Waals surface area contributed by atoms with E-state index in [0.29, 0.717) is 11.0 Å². The van der Waals surface area contributed by atoms with E-state index >= 15 is 0 Å². The molecular formula is C20H21N3S. The quantitative estimate of drug-likeness (QED) is 0.804. The van der Waals surface area contributed by atoms with Gasteiger partial charge in [0.2, 0.25) is 0 Å². The van der Waals surface area contributed by atoms with Crippen LogP contribution in [0.5, 0.6) is 0 Å². The Morgan fingerprint density at radius 2 is 1.83 bits per heavy atom. The van der Waals surface area contributed by atoms with Gasteiger partial charge in [-0.25, -0.2) is 5.01 Å². The summed E-state index contributed by atoms with van der Waals surface area (Å²) < 4.78 is 0. The molecule has 0 fully saturated rings. The first kappa shape index (κ1) is 15.3. The highest BCUT2D eigenvalue weighted by molar-refractivity contribution is 7.80. The molecular weight excluding hydrogens is 314 g/mol. The largest absolute Gasteiger partial charge is 0.375 e. The molecule has 0 radical (unpaired) electrons. The number of benzene rings is 2. The van der Waals surface area contributed by atoms with Crippen molar-refractivity contribution in [3.05, 3.63) is 70.3 Å². The van der Waals surface area contributed by atoms with Crippen LogP contribution in [0, 0.1) is 19.8 Å². The van der Waals surface area contributed by atoms with Crippen LogP contribution in [0.4, 0.5) is 0 Å². The zero-order chi connectivity index (χ0) is 16.8. The van der Waals surface area contributed by atoms with Crippen LogP contribution in [0.1, 0.15) is 40.3 Å². The standard InChI is InChI=1S/C20H21N3S/c1-12-3-7-15(8-4-12)19-16-10-9-14-6-5-13(2)11-17(14)18(16)22-23(19)20(21)24/h3-8,11,16,19H,9-10H2,1-2H3,(H2,21,24)/t16-,19-/m1/s1. The van der Waals surface area contributed by atoms with Gasteiger partial charge in [-0.3, -0.25) is 0 Å². The summed E-state index contributed by atoms with van der Waals surface area (Å²) in [7, 11) is 0. The minimum Gasteiger partial charge on any atom is -0.375 e. The molecule has 0 aromatic heterocycles. The maximum Gasteiger partial charge on any atom is 0.187 e. The molecule has 122 valence electrons. The monoisotopic (exact) mass is 335 g/mol. The smallest absolute Gasteiger partial charge is 0.187 e. The molecule has 4 rings (SSSR count). The summed E-state index contributed by atoms with van der Waals surface area (Å²) in [6, 6.07) is 15.4. The minimum atomic E-state index is 0.103. The van der Waals surface area contributed by atoms with Crippen molar-refractivity contribution in [1.29, 1.82) is 0 Å². The zero-order valence-electron chi connectivity index (χ0n) is 14.0. The third-order valence-electron chi connectivity index (χ3n) is 5.12. The average molecular weight is 335 g/mol. The van der Waals surface area contributed by atoms with E-state index in [-0.39, 0.29) is 6.04 Å². The Balaban J connectivity index is 1.81. The molecule has 3 nitrogen and oxygen atoms in total. The predicted molar refractivity (Wildman–Crippen MR) is 102 cm³/mol. The number of nitrogens with zero attached hydrogens (tertiary/aromatic N) is 2. The van der Waals surface area contributed by atoms with Crippen LogP contribution in [0.3, 0.4) is 0 Å². The van der Waals surface area contributed by atoms with Crippen LogP contribution in [0.25, 0.3) is 0 Å². The molecule has 1 heterocycles. The van der Waals surface area contributed by atoms with Gasteiger partial charge in [0.15, 0.2) is 5.11 Å². The summed E-state index contributed by atoms with van der Waals surface area (Å²) in [4.78, 5) is 0. The second kappa shape index (κ2) is 5.71. The molecule has 0 saturated heterocycles. The van der Waals surface area contributed by atoms with Crippen molar-refractivity contribution in [2.45, 2.75) is 32.7 Å². The van der Waals surface area contributed by atoms with E-state index in [9.17, 15) is 0 Å². The molecule has 4 heteroatoms. The van der Waals surface area contributed by atoms with Crippen LogP contribution < -0.4 is 5.73 Å². The lowest BCUT2D eigenvalue weighted by atomic mass is 9.77. The predicted octanol–water partition coefficient (Wildman–Crippen LogP) is 3.87. The van der Waals surface area contributed by atoms with Crippen molar-refractivity contribution in [3.63, 3.8) is 0 Å². The summed E-state index contributed by atoms with van der Waals surface area (Å²) in [6.07, 6.45) is 2.15. The molecule has 2 N–H and O–H groups in total. The van der Waals surface area contributed by atoms with E-state index in [2.05, 4.69) is 56.3 Å². The second-order valence-corrected chi connectivity index (χ2v) is 7.25. The van der Waals surface area contributed by atoms with Gasteiger partial charge in [0.05, 0.1) is 11.8 Å². The van der Waals surface area contributed by atoms with E-state index in [1.54, 1.807) is 0 Å². The highest BCUT2D eigenvalue weighted by atomic mass is 32.1. The van der Waals surface area contributed by atoms with Crippen LogP contribution in [0.15, 0.2) is 47.6 Å². The van der Waals surface area contributed by atoms with Gasteiger partial charge in [-0.2, -0.15) is 5.10 Å². The van der Waals surface area contributed by atoms with Gasteiger partial charge in [0.1, 0.15) is 0 Å². The maximum atomic E-state index is 6.01. The normalized spacial score (nSPS) is 21.9. The second-order valence-electron chi connectivity index (χ2n) is 6.83. The molecule has 1 aliphatic carbocycles. The molecule has 0 bridgehead atoms. The fourth-order valence-electron chi connectivity index (χ4n) is 3.90. The number of hydrogen-bond donors (Lipinski definition) is 1. The van der Waals surface area contributed by atoms with Gasteiger partial charge in [0, 0.05) is 11.5 Å². The first-order valence-corrected chi connectivity index (χ1v) is 8.79. The number of rotatable bonds is 1. The van der Waals surface area contributed by atoms with Crippen LogP contribution in [-0.4, -0.2) is 15.8 Å². The van der Waals surface area contributed by atoms with Gasteiger partial charge in [-0.05, 0) is 56.1 Å². The summed E-state index contributed by atoms with van der Waals surface area (Å²) in [6.45, 7) is 4.23. The Labute approximate surface area is 148 Å². The number of nitrogens with two attached hydrogens (primary N) is 1. The third kappa shape index (κ3) is 2.42. The molecule has 2 atom stereocenters. The summed E-state index contributed by atoms with van der Waals surface area (Å²) in [5, 5.41) is 7.04. The Morgan fingerprint density at radius 1 is 1.12 bits per heavy atom. The maximum absolute atomic E-state index is 6.01. The molecule has 1 aliphatic heterocycles. The highest BCUT2D eigenvalue weighted by Crippen LogP contribution is 2.43. The van der Waals surface area contributed by atoms with E-state index in [1.165, 1.54) is 27.8 Å². The SMILES string of the molecule is Cc1ccc([C@@H]2[C@@H]3CCc4ccc(C)cc4C3=NN2C(N)=S)cc1. The molecule has 0 amide bonds. The molecule has 24 heavy (non-hydrogen) atoms. The van der Waals surface area contributed by atoms with Crippen molar-refractivity contribution in [3.8, 4) is 0 Å². The fourth-order valence-corrected chi connectivity index (χ4v) is 4.06. The van der Waals surface area contributed by atoms with Crippen molar-refractivity contribution in [1.82, 2.24) is 5.01 Å². The highest BCUT2D eigenvalue weighted by Gasteiger charge is 2.42. The number of fused-ring (bicyclic) bond motifs is 3. The van der Waals surface area contributed by atoms with Crippen LogP contribution in [-0.2, 0) is 6.42 Å². The molecule has 2 aromatic carbocycles. The molecule has 2 aromatic rings. The van der Waals surface area contributed by atoms with Gasteiger partial charge in [-0.1, -0.05) is 47.5 Å². The lowest BCUT2D eigenvalue weighted by Gasteiger charge is -2.30. The fraction of sp³-hybridized carbons (Fsp3) is 0.300. The third-order valence-corrected chi connectivity index (χ3v) is 5.31. The first-order chi connectivity index (χ1) is 11.5. The van der Waals surface area contributed by atoms with Crippen molar-refractivity contribution >= 4 is 23.0 Å². The number of aryl methyl sites for hydroxylation is 3. The molecule has 0 saturated carbocycles. The molecule has 0 unspecified atom stereocenters. The summed E-state index contributed by atoms with van der Waals surface area (Å²) in [5.41, 5.74) is 13.5. The Hall–Kier alpha value is -2.20. The Morgan fingerprint density at radius 3 is 2.54 bits per heavy atom. The number of hydrazone groups is 1. The Kier molecular flexibility index (Phi) is 3.65. The zero-order valence-corrected chi connectivity index (χ0v) is 14.8. The Bertz CT molecular complexity index is 838. The molecule has 0 spiro atoms. The molecule has 2 aliphatic rings. The average Bonchev–Trinajstić information content (AvgIpc) is 2.96. The van der Waals surface area contributed by atoms with E-state index in [0.717, 1.165) is 18.6 Å². The van der Waals surface area contributed by atoms with Crippen LogP contribution >= 0.6 is 12.2 Å². The first-order valence-electron chi connectivity index (χ1n) is 8.38. The van der Waals surface area contributed by atoms with Gasteiger partial charge in [-0.15, -0.1) is 0 Å². The van der Waals surface area contributed by atoms with Gasteiger partial charge >= 0.3 is 0 Å².